The zero-order chi connectivity index (χ0) is 26.8. The molecule has 5 aromatic rings. The Balaban J connectivity index is 1.54. The van der Waals surface area contributed by atoms with Crippen molar-refractivity contribution in [2.24, 2.45) is 0 Å². The Kier molecular flexibility index (Phi) is 6.61. The Morgan fingerprint density at radius 2 is 1.82 bits per heavy atom. The van der Waals surface area contributed by atoms with Crippen molar-refractivity contribution in [2.45, 2.75) is 19.8 Å². The van der Waals surface area contributed by atoms with Crippen molar-refractivity contribution in [3.05, 3.63) is 94.8 Å². The molecule has 0 atom stereocenters. The fraction of sp³-hybridized carbons (Fsp3) is 0.143. The SMILES string of the molecule is CNc1cc2c(cn1)cc(-c1ccc(F)c(NC(=O)Nc3cc(C(C)C)no3)c1)c(=O)n2-c1ccccc1. The molecular formula is C28H25FN6O3. The van der Waals surface area contributed by atoms with Crippen molar-refractivity contribution >= 4 is 34.3 Å². The van der Waals surface area contributed by atoms with Gasteiger partial charge in [0.2, 0.25) is 5.88 Å². The minimum absolute atomic E-state index is 0.0991. The number of nitrogens with one attached hydrogen (secondary N) is 3. The summed E-state index contributed by atoms with van der Waals surface area (Å²) in [5, 5.41) is 12.6. The van der Waals surface area contributed by atoms with Gasteiger partial charge >= 0.3 is 6.03 Å². The van der Waals surface area contributed by atoms with Crippen molar-refractivity contribution in [1.29, 1.82) is 0 Å². The van der Waals surface area contributed by atoms with Crippen LogP contribution in [0.3, 0.4) is 0 Å². The minimum Gasteiger partial charge on any atom is -0.373 e. The van der Waals surface area contributed by atoms with Crippen molar-refractivity contribution < 1.29 is 13.7 Å². The monoisotopic (exact) mass is 512 g/mol. The van der Waals surface area contributed by atoms with Crippen LogP contribution in [0.1, 0.15) is 25.5 Å². The Bertz CT molecular complexity index is 1690. The molecule has 0 spiro atoms. The van der Waals surface area contributed by atoms with Crippen LogP contribution >= 0.6 is 0 Å². The maximum atomic E-state index is 14.7. The highest BCUT2D eigenvalue weighted by atomic mass is 19.1. The third-order valence-corrected chi connectivity index (χ3v) is 6.04. The second-order valence-corrected chi connectivity index (χ2v) is 8.96. The van der Waals surface area contributed by atoms with E-state index < -0.39 is 11.8 Å². The highest BCUT2D eigenvalue weighted by Crippen LogP contribution is 2.28. The van der Waals surface area contributed by atoms with E-state index in [1.165, 1.54) is 18.2 Å². The van der Waals surface area contributed by atoms with Crippen LogP contribution in [0.5, 0.6) is 0 Å². The first-order valence-corrected chi connectivity index (χ1v) is 12.0. The molecule has 10 heteroatoms. The van der Waals surface area contributed by atoms with E-state index in [-0.39, 0.29) is 23.0 Å². The molecule has 9 nitrogen and oxygen atoms in total. The van der Waals surface area contributed by atoms with Gasteiger partial charge in [-0.15, -0.1) is 0 Å². The van der Waals surface area contributed by atoms with Crippen molar-refractivity contribution in [3.8, 4) is 16.8 Å². The molecule has 2 aromatic carbocycles. The average Bonchev–Trinajstić information content (AvgIpc) is 3.38. The molecule has 0 aliphatic carbocycles. The molecule has 0 aliphatic heterocycles. The maximum absolute atomic E-state index is 14.7. The van der Waals surface area contributed by atoms with Crippen molar-refractivity contribution in [3.63, 3.8) is 0 Å². The van der Waals surface area contributed by atoms with Crippen LogP contribution < -0.4 is 21.5 Å². The van der Waals surface area contributed by atoms with Crippen LogP contribution in [0.2, 0.25) is 0 Å². The minimum atomic E-state index is -0.712. The number of pyridine rings is 2. The number of halogens is 1. The van der Waals surface area contributed by atoms with Crippen molar-refractivity contribution in [1.82, 2.24) is 14.7 Å². The van der Waals surface area contributed by atoms with Gasteiger partial charge in [0.15, 0.2) is 0 Å². The second-order valence-electron chi connectivity index (χ2n) is 8.96. The molecule has 3 N–H and O–H groups in total. The van der Waals surface area contributed by atoms with E-state index in [2.05, 4.69) is 26.1 Å². The topological polar surface area (TPSA) is 114 Å². The summed E-state index contributed by atoms with van der Waals surface area (Å²) in [6.45, 7) is 3.88. The van der Waals surface area contributed by atoms with Gasteiger partial charge in [-0.3, -0.25) is 14.7 Å². The van der Waals surface area contributed by atoms with Crippen LogP contribution in [0.4, 0.5) is 26.6 Å². The molecule has 2 amide bonds. The summed E-state index contributed by atoms with van der Waals surface area (Å²) in [6.07, 6.45) is 1.67. The van der Waals surface area contributed by atoms with Gasteiger partial charge in [0.05, 0.1) is 16.9 Å². The molecule has 38 heavy (non-hydrogen) atoms. The van der Waals surface area contributed by atoms with E-state index in [9.17, 15) is 14.0 Å². The van der Waals surface area contributed by atoms with Crippen LogP contribution in [0.15, 0.2) is 82.2 Å². The fourth-order valence-electron chi connectivity index (χ4n) is 4.06. The van der Waals surface area contributed by atoms with Gasteiger partial charge in [0, 0.05) is 42.0 Å². The second kappa shape index (κ2) is 10.2. The summed E-state index contributed by atoms with van der Waals surface area (Å²) in [7, 11) is 1.75. The average molecular weight is 513 g/mol. The number of amides is 2. The summed E-state index contributed by atoms with van der Waals surface area (Å²) in [4.78, 5) is 30.7. The third-order valence-electron chi connectivity index (χ3n) is 6.04. The molecule has 0 saturated heterocycles. The van der Waals surface area contributed by atoms with Gasteiger partial charge in [-0.1, -0.05) is 43.3 Å². The van der Waals surface area contributed by atoms with Crippen LogP contribution in [-0.2, 0) is 0 Å². The number of benzene rings is 2. The van der Waals surface area contributed by atoms with Gasteiger partial charge in [0.25, 0.3) is 5.56 Å². The number of carbonyl (C=O) groups excluding carboxylic acids is 1. The molecule has 0 radical (unpaired) electrons. The number of fused-ring (bicyclic) bond motifs is 1. The molecule has 0 aliphatic rings. The summed E-state index contributed by atoms with van der Waals surface area (Å²) in [5.41, 5.74) is 2.36. The summed E-state index contributed by atoms with van der Waals surface area (Å²) >= 11 is 0. The Morgan fingerprint density at radius 3 is 2.53 bits per heavy atom. The molecule has 192 valence electrons. The first kappa shape index (κ1) is 24.7. The number of urea groups is 1. The Labute approximate surface area is 217 Å². The number of hydrogen-bond acceptors (Lipinski definition) is 6. The predicted molar refractivity (Wildman–Crippen MR) is 146 cm³/mol. The zero-order valence-electron chi connectivity index (χ0n) is 20.9. The van der Waals surface area contributed by atoms with Crippen LogP contribution in [0, 0.1) is 5.82 Å². The highest BCUT2D eigenvalue weighted by Gasteiger charge is 2.17. The van der Waals surface area contributed by atoms with Gasteiger partial charge in [0.1, 0.15) is 11.6 Å². The van der Waals surface area contributed by atoms with Gasteiger partial charge < -0.3 is 15.2 Å². The van der Waals surface area contributed by atoms with Crippen molar-refractivity contribution in [2.75, 3.05) is 23.0 Å². The first-order valence-electron chi connectivity index (χ1n) is 12.0. The van der Waals surface area contributed by atoms with E-state index >= 15 is 0 Å². The largest absolute Gasteiger partial charge is 0.373 e. The van der Waals surface area contributed by atoms with E-state index in [0.717, 1.165) is 0 Å². The van der Waals surface area contributed by atoms with Gasteiger partial charge in [-0.2, -0.15) is 0 Å². The van der Waals surface area contributed by atoms with E-state index in [0.29, 0.717) is 39.2 Å². The number of carbonyl (C=O) groups is 1. The lowest BCUT2D eigenvalue weighted by molar-refractivity contribution is 0.261. The molecule has 5 rings (SSSR count). The van der Waals surface area contributed by atoms with E-state index in [1.807, 2.05) is 44.2 Å². The third kappa shape index (κ3) is 4.83. The molecule has 0 unspecified atom stereocenters. The van der Waals surface area contributed by atoms with Gasteiger partial charge in [-0.05, 0) is 41.8 Å². The number of hydrogen-bond donors (Lipinski definition) is 3. The molecule has 3 aromatic heterocycles. The predicted octanol–water partition coefficient (Wildman–Crippen LogP) is 5.99. The molecule has 3 heterocycles. The lowest BCUT2D eigenvalue weighted by Crippen LogP contribution is -2.21. The number of anilines is 3. The number of rotatable bonds is 6. The molecule has 0 fully saturated rings. The van der Waals surface area contributed by atoms with Gasteiger partial charge in [-0.25, -0.2) is 14.2 Å². The normalized spacial score (nSPS) is 11.1. The quantitative estimate of drug-likeness (QED) is 0.258. The maximum Gasteiger partial charge on any atom is 0.326 e. The lowest BCUT2D eigenvalue weighted by Gasteiger charge is -2.15. The summed E-state index contributed by atoms with van der Waals surface area (Å²) in [5.74, 6) is 0.208. The lowest BCUT2D eigenvalue weighted by atomic mass is 10.0. The van der Waals surface area contributed by atoms with Crippen LogP contribution in [-0.4, -0.2) is 27.8 Å². The number of nitrogens with zero attached hydrogens (tertiary/aromatic N) is 3. The summed E-state index contributed by atoms with van der Waals surface area (Å²) in [6, 6.07) is 17.7. The van der Waals surface area contributed by atoms with E-state index in [1.54, 1.807) is 36.0 Å². The van der Waals surface area contributed by atoms with E-state index in [4.69, 9.17) is 4.52 Å². The zero-order valence-corrected chi connectivity index (χ0v) is 20.9. The van der Waals surface area contributed by atoms with Crippen LogP contribution in [0.25, 0.3) is 27.7 Å². The smallest absolute Gasteiger partial charge is 0.326 e. The molecule has 0 saturated carbocycles. The first-order chi connectivity index (χ1) is 18.3. The fourth-order valence-corrected chi connectivity index (χ4v) is 4.06. The Hall–Kier alpha value is -4.99. The highest BCUT2D eigenvalue weighted by molar-refractivity contribution is 5.99. The number of para-hydroxylation sites is 1. The Morgan fingerprint density at radius 1 is 1.03 bits per heavy atom. The molecule has 0 bridgehead atoms. The standard InChI is InChI=1S/C28H25FN6O3/c1-16(2)22-13-26(38-34-22)33-28(37)32-23-12-17(9-10-21(23)29)20-11-18-15-31-25(30-3)14-24(18)35(27(20)36)19-7-5-4-6-8-19/h4-16H,1-3H3,(H,30,31)(H2,32,33,37). The molecular weight excluding hydrogens is 487 g/mol. The number of aromatic nitrogens is 3. The summed E-state index contributed by atoms with van der Waals surface area (Å²) < 4.78 is 21.4.